The van der Waals surface area contributed by atoms with Crippen LogP contribution < -0.4 is 10.5 Å². The van der Waals surface area contributed by atoms with Crippen LogP contribution in [0.1, 0.15) is 17.2 Å². The van der Waals surface area contributed by atoms with Gasteiger partial charge in [0.15, 0.2) is 0 Å². The lowest BCUT2D eigenvalue weighted by Crippen LogP contribution is -2.14. The van der Waals surface area contributed by atoms with E-state index in [-0.39, 0.29) is 15.8 Å². The second kappa shape index (κ2) is 6.44. The number of hydrogen-bond acceptors (Lipinski definition) is 2. The van der Waals surface area contributed by atoms with Gasteiger partial charge in [0.25, 0.3) is 0 Å². The van der Waals surface area contributed by atoms with E-state index in [2.05, 4.69) is 20.7 Å². The maximum absolute atomic E-state index is 13.8. The third kappa shape index (κ3) is 3.74. The molecule has 0 aliphatic heterocycles. The minimum atomic E-state index is -2.93. The van der Waals surface area contributed by atoms with Gasteiger partial charge < -0.3 is 10.5 Å². The van der Waals surface area contributed by atoms with E-state index in [1.807, 2.05) is 0 Å². The van der Waals surface area contributed by atoms with Gasteiger partial charge in [-0.1, -0.05) is 12.1 Å². The normalized spacial score (nSPS) is 12.5. The van der Waals surface area contributed by atoms with Gasteiger partial charge in [0, 0.05) is 5.56 Å². The lowest BCUT2D eigenvalue weighted by molar-refractivity contribution is -0.0498. The maximum Gasteiger partial charge on any atom is 0.387 e. The molecule has 0 heterocycles. The van der Waals surface area contributed by atoms with Gasteiger partial charge in [0.1, 0.15) is 17.4 Å². The van der Waals surface area contributed by atoms with Crippen LogP contribution in [0, 0.1) is 11.6 Å². The summed E-state index contributed by atoms with van der Waals surface area (Å²) < 4.78 is 55.6. The van der Waals surface area contributed by atoms with Gasteiger partial charge in [0.05, 0.1) is 10.5 Å². The Morgan fingerprint density at radius 1 is 1.00 bits per heavy atom. The molecule has 0 spiro atoms. The van der Waals surface area contributed by atoms with E-state index < -0.39 is 24.3 Å². The highest BCUT2D eigenvalue weighted by Gasteiger charge is 2.17. The maximum atomic E-state index is 13.8. The SMILES string of the molecule is NC(c1ccc(OC(F)F)cc1)c1cc(F)c(Br)cc1F. The van der Waals surface area contributed by atoms with E-state index in [1.165, 1.54) is 24.3 Å². The molecule has 2 nitrogen and oxygen atoms in total. The first-order chi connectivity index (χ1) is 9.88. The molecule has 0 saturated heterocycles. The van der Waals surface area contributed by atoms with E-state index in [0.29, 0.717) is 5.56 Å². The summed E-state index contributed by atoms with van der Waals surface area (Å²) in [5.74, 6) is -1.34. The zero-order chi connectivity index (χ0) is 15.6. The summed E-state index contributed by atoms with van der Waals surface area (Å²) in [5.41, 5.74) is 6.29. The van der Waals surface area contributed by atoms with Crippen molar-refractivity contribution in [3.63, 3.8) is 0 Å². The van der Waals surface area contributed by atoms with E-state index in [0.717, 1.165) is 12.1 Å². The molecule has 112 valence electrons. The molecule has 0 bridgehead atoms. The first-order valence-corrected chi connectivity index (χ1v) is 6.62. The third-order valence-electron chi connectivity index (χ3n) is 2.84. The molecule has 7 heteroatoms. The molecule has 2 aromatic rings. The van der Waals surface area contributed by atoms with Crippen LogP contribution in [0.5, 0.6) is 5.75 Å². The Morgan fingerprint density at radius 2 is 1.62 bits per heavy atom. The van der Waals surface area contributed by atoms with Crippen molar-refractivity contribution in [3.05, 3.63) is 63.6 Å². The zero-order valence-corrected chi connectivity index (χ0v) is 12.1. The standard InChI is InChI=1S/C14H10BrF4NO/c15-10-6-11(16)9(5-12(10)17)13(20)7-1-3-8(4-2-7)21-14(18)19/h1-6,13-14H,20H2. The molecule has 0 fully saturated rings. The number of rotatable bonds is 4. The number of halogens is 5. The Balaban J connectivity index is 2.27. The fourth-order valence-corrected chi connectivity index (χ4v) is 2.13. The Hall–Kier alpha value is -1.60. The lowest BCUT2D eigenvalue weighted by Gasteiger charge is -2.15. The Kier molecular flexibility index (Phi) is 4.84. The largest absolute Gasteiger partial charge is 0.435 e. The summed E-state index contributed by atoms with van der Waals surface area (Å²) in [6.45, 7) is -2.93. The van der Waals surface area contributed by atoms with Crippen LogP contribution in [0.2, 0.25) is 0 Å². The fraction of sp³-hybridized carbons (Fsp3) is 0.143. The molecule has 0 aromatic heterocycles. The Labute approximate surface area is 126 Å². The molecule has 2 N–H and O–H groups in total. The molecular formula is C14H10BrF4NO. The lowest BCUT2D eigenvalue weighted by atomic mass is 9.99. The minimum Gasteiger partial charge on any atom is -0.435 e. The van der Waals surface area contributed by atoms with Gasteiger partial charge >= 0.3 is 6.61 Å². The molecule has 0 aliphatic rings. The molecule has 0 amide bonds. The van der Waals surface area contributed by atoms with Crippen LogP contribution >= 0.6 is 15.9 Å². The van der Waals surface area contributed by atoms with Gasteiger partial charge in [-0.3, -0.25) is 0 Å². The van der Waals surface area contributed by atoms with Crippen LogP contribution in [-0.4, -0.2) is 6.61 Å². The monoisotopic (exact) mass is 363 g/mol. The predicted octanol–water partition coefficient (Wildman–Crippen LogP) is 4.38. The molecule has 0 radical (unpaired) electrons. The van der Waals surface area contributed by atoms with Crippen LogP contribution in [0.4, 0.5) is 17.6 Å². The van der Waals surface area contributed by atoms with Crippen molar-refractivity contribution < 1.29 is 22.3 Å². The number of hydrogen-bond donors (Lipinski definition) is 1. The highest BCUT2D eigenvalue weighted by Crippen LogP contribution is 2.28. The second-order valence-corrected chi connectivity index (χ2v) is 5.07. The summed E-state index contributed by atoms with van der Waals surface area (Å²) in [5, 5.41) is 0. The van der Waals surface area contributed by atoms with Crippen molar-refractivity contribution in [2.75, 3.05) is 0 Å². The molecular weight excluding hydrogens is 354 g/mol. The van der Waals surface area contributed by atoms with Crippen molar-refractivity contribution >= 4 is 15.9 Å². The number of alkyl halides is 2. The van der Waals surface area contributed by atoms with Gasteiger partial charge in [-0.25, -0.2) is 8.78 Å². The van der Waals surface area contributed by atoms with Crippen molar-refractivity contribution in [1.82, 2.24) is 0 Å². The average Bonchev–Trinajstić information content (AvgIpc) is 2.42. The van der Waals surface area contributed by atoms with Gasteiger partial charge in [-0.05, 0) is 45.8 Å². The van der Waals surface area contributed by atoms with Crippen molar-refractivity contribution in [3.8, 4) is 5.75 Å². The smallest absolute Gasteiger partial charge is 0.387 e. The summed E-state index contributed by atoms with van der Waals surface area (Å²) in [4.78, 5) is 0. The Bertz CT molecular complexity index is 634. The predicted molar refractivity (Wildman–Crippen MR) is 73.2 cm³/mol. The van der Waals surface area contributed by atoms with Crippen LogP contribution in [0.3, 0.4) is 0 Å². The third-order valence-corrected chi connectivity index (χ3v) is 3.45. The topological polar surface area (TPSA) is 35.2 Å². The highest BCUT2D eigenvalue weighted by atomic mass is 79.9. The first kappa shape index (κ1) is 15.8. The van der Waals surface area contributed by atoms with Gasteiger partial charge in [-0.15, -0.1) is 0 Å². The molecule has 0 saturated carbocycles. The first-order valence-electron chi connectivity index (χ1n) is 5.83. The van der Waals surface area contributed by atoms with Crippen molar-refractivity contribution in [2.45, 2.75) is 12.7 Å². The molecule has 1 atom stereocenters. The van der Waals surface area contributed by atoms with E-state index in [1.54, 1.807) is 0 Å². The minimum absolute atomic E-state index is 0.00312. The summed E-state index contributed by atoms with van der Waals surface area (Å²) >= 11 is 2.87. The van der Waals surface area contributed by atoms with Crippen LogP contribution in [0.25, 0.3) is 0 Å². The van der Waals surface area contributed by atoms with Gasteiger partial charge in [0.2, 0.25) is 0 Å². The molecule has 2 aromatic carbocycles. The van der Waals surface area contributed by atoms with E-state index in [4.69, 9.17) is 5.73 Å². The molecule has 21 heavy (non-hydrogen) atoms. The summed E-state index contributed by atoms with van der Waals surface area (Å²) in [6.07, 6.45) is 0. The number of nitrogens with two attached hydrogens (primary N) is 1. The highest BCUT2D eigenvalue weighted by molar-refractivity contribution is 9.10. The summed E-state index contributed by atoms with van der Waals surface area (Å²) in [7, 11) is 0. The molecule has 1 unspecified atom stereocenters. The van der Waals surface area contributed by atoms with Crippen LogP contribution in [0.15, 0.2) is 40.9 Å². The second-order valence-electron chi connectivity index (χ2n) is 4.21. The number of benzene rings is 2. The Morgan fingerprint density at radius 3 is 2.19 bits per heavy atom. The molecule has 0 aliphatic carbocycles. The van der Waals surface area contributed by atoms with Crippen molar-refractivity contribution in [2.24, 2.45) is 5.73 Å². The quantitative estimate of drug-likeness (QED) is 0.646. The zero-order valence-electron chi connectivity index (χ0n) is 10.5. The van der Waals surface area contributed by atoms with E-state index in [9.17, 15) is 17.6 Å². The van der Waals surface area contributed by atoms with Crippen molar-refractivity contribution in [1.29, 1.82) is 0 Å². The van der Waals surface area contributed by atoms with E-state index >= 15 is 0 Å². The summed E-state index contributed by atoms with van der Waals surface area (Å²) in [6, 6.07) is 6.46. The molecule has 2 rings (SSSR count). The number of ether oxygens (including phenoxy) is 1. The fourth-order valence-electron chi connectivity index (χ4n) is 1.81. The van der Waals surface area contributed by atoms with Gasteiger partial charge in [-0.2, -0.15) is 8.78 Å². The average molecular weight is 364 g/mol. The van der Waals surface area contributed by atoms with Crippen LogP contribution in [-0.2, 0) is 0 Å².